The molecule has 6 nitrogen and oxygen atoms in total. The van der Waals surface area contributed by atoms with Crippen LogP contribution in [0.1, 0.15) is 41.4 Å². The lowest BCUT2D eigenvalue weighted by Gasteiger charge is -2.08. The molecule has 2 aromatic carbocycles. The first-order valence-corrected chi connectivity index (χ1v) is 12.0. The number of aryl methyl sites for hydroxylation is 1. The molecule has 2 aromatic heterocycles. The molecule has 4 aromatic rings. The topological polar surface area (TPSA) is 89.3 Å². The van der Waals surface area contributed by atoms with Crippen molar-refractivity contribution in [3.63, 3.8) is 0 Å². The second kappa shape index (κ2) is 9.36. The molecule has 32 heavy (non-hydrogen) atoms. The summed E-state index contributed by atoms with van der Waals surface area (Å²) in [6.45, 7) is 2.38. The van der Waals surface area contributed by atoms with Gasteiger partial charge in [0.1, 0.15) is 0 Å². The minimum atomic E-state index is -3.59. The van der Waals surface area contributed by atoms with Gasteiger partial charge in [-0.05, 0) is 60.4 Å². The molecule has 0 unspecified atom stereocenters. The lowest BCUT2D eigenvalue weighted by molar-refractivity contribution is 0.0925. The normalized spacial score (nSPS) is 11.5. The van der Waals surface area contributed by atoms with E-state index in [1.165, 1.54) is 0 Å². The predicted molar refractivity (Wildman–Crippen MR) is 122 cm³/mol. The Labute approximate surface area is 187 Å². The third-order valence-electron chi connectivity index (χ3n) is 5.29. The fraction of sp³-hybridized carbons (Fsp3) is 0.200. The van der Waals surface area contributed by atoms with Crippen molar-refractivity contribution in [1.29, 1.82) is 0 Å². The second-order valence-electron chi connectivity index (χ2n) is 7.60. The Morgan fingerprint density at radius 1 is 0.969 bits per heavy atom. The molecule has 7 heteroatoms. The van der Waals surface area contributed by atoms with E-state index in [-0.39, 0.29) is 28.0 Å². The quantitative estimate of drug-likeness (QED) is 0.413. The van der Waals surface area contributed by atoms with Gasteiger partial charge >= 0.3 is 0 Å². The number of nitrogens with one attached hydrogen (secondary N) is 1. The zero-order chi connectivity index (χ0) is 22.6. The van der Waals surface area contributed by atoms with E-state index in [1.807, 2.05) is 12.1 Å². The Kier molecular flexibility index (Phi) is 6.37. The smallest absolute Gasteiger partial charge is 0.287 e. The van der Waals surface area contributed by atoms with Gasteiger partial charge in [0.25, 0.3) is 5.91 Å². The summed E-state index contributed by atoms with van der Waals surface area (Å²) in [4.78, 5) is 16.8. The molecule has 1 N–H and O–H groups in total. The largest absolute Gasteiger partial charge is 0.449 e. The van der Waals surface area contributed by atoms with Crippen LogP contribution in [0.3, 0.4) is 0 Å². The summed E-state index contributed by atoms with van der Waals surface area (Å²) < 4.78 is 31.3. The summed E-state index contributed by atoms with van der Waals surface area (Å²) in [6, 6.07) is 17.0. The predicted octanol–water partition coefficient (Wildman–Crippen LogP) is 4.93. The molecule has 0 atom stereocenters. The molecular formula is C25H24N2O4S. The van der Waals surface area contributed by atoms with E-state index < -0.39 is 9.84 Å². The van der Waals surface area contributed by atoms with Gasteiger partial charge < -0.3 is 9.73 Å². The van der Waals surface area contributed by atoms with E-state index in [1.54, 1.807) is 60.9 Å². The molecule has 0 saturated heterocycles. The van der Waals surface area contributed by atoms with E-state index in [0.29, 0.717) is 5.58 Å². The number of pyridine rings is 1. The lowest BCUT2D eigenvalue weighted by Crippen LogP contribution is -2.22. The first-order valence-electron chi connectivity index (χ1n) is 10.5. The first-order chi connectivity index (χ1) is 15.5. The number of unbranched alkanes of at least 4 members (excludes halogenated alkanes) is 1. The number of rotatable bonds is 8. The van der Waals surface area contributed by atoms with Crippen LogP contribution in [-0.2, 0) is 22.8 Å². The number of nitrogens with zero attached hydrogens (tertiary/aromatic N) is 1. The van der Waals surface area contributed by atoms with E-state index in [2.05, 4.69) is 17.2 Å². The number of furan rings is 1. The van der Waals surface area contributed by atoms with Crippen LogP contribution in [0.25, 0.3) is 11.0 Å². The van der Waals surface area contributed by atoms with Gasteiger partial charge in [0, 0.05) is 18.1 Å². The molecule has 0 bridgehead atoms. The SMILES string of the molecule is CCCCc1ccc(S(=O)(=O)c2ccc(CNC(=O)c3cc4ccncc4o3)cc2)cc1. The highest BCUT2D eigenvalue weighted by atomic mass is 32.2. The molecule has 0 saturated carbocycles. The fourth-order valence-corrected chi connectivity index (χ4v) is 4.67. The molecule has 0 aliphatic carbocycles. The average Bonchev–Trinajstić information content (AvgIpc) is 3.26. The Hall–Kier alpha value is -3.45. The van der Waals surface area contributed by atoms with Crippen LogP contribution in [0.4, 0.5) is 0 Å². The molecule has 0 fully saturated rings. The van der Waals surface area contributed by atoms with Crippen molar-refractivity contribution in [2.75, 3.05) is 0 Å². The van der Waals surface area contributed by atoms with Crippen molar-refractivity contribution in [3.8, 4) is 0 Å². The highest BCUT2D eigenvalue weighted by Crippen LogP contribution is 2.22. The summed E-state index contributed by atoms with van der Waals surface area (Å²) >= 11 is 0. The number of sulfone groups is 1. The minimum Gasteiger partial charge on any atom is -0.449 e. The van der Waals surface area contributed by atoms with Crippen molar-refractivity contribution in [2.45, 2.75) is 42.5 Å². The van der Waals surface area contributed by atoms with Gasteiger partial charge in [0.2, 0.25) is 9.84 Å². The molecule has 0 aliphatic heterocycles. The average molecular weight is 449 g/mol. The maximum Gasteiger partial charge on any atom is 0.287 e. The third kappa shape index (κ3) is 4.73. The number of hydrogen-bond acceptors (Lipinski definition) is 5. The molecule has 0 radical (unpaired) electrons. The Balaban J connectivity index is 1.41. The van der Waals surface area contributed by atoms with E-state index in [9.17, 15) is 13.2 Å². The fourth-order valence-electron chi connectivity index (χ4n) is 3.40. The van der Waals surface area contributed by atoms with Crippen molar-refractivity contribution in [3.05, 3.63) is 89.9 Å². The van der Waals surface area contributed by atoms with Gasteiger partial charge in [-0.1, -0.05) is 37.6 Å². The Morgan fingerprint density at radius 2 is 1.62 bits per heavy atom. The summed E-state index contributed by atoms with van der Waals surface area (Å²) in [5, 5.41) is 3.59. The number of carbonyl (C=O) groups excluding carboxylic acids is 1. The molecule has 2 heterocycles. The molecule has 164 valence electrons. The standard InChI is InChI=1S/C25H24N2O4S/c1-2-3-4-18-5-9-21(10-6-18)32(29,30)22-11-7-19(8-12-22)16-27-25(28)23-15-20-13-14-26-17-24(20)31-23/h5-15,17H,2-4,16H2,1H3,(H,27,28). The van der Waals surface area contributed by atoms with Crippen molar-refractivity contribution < 1.29 is 17.6 Å². The third-order valence-corrected chi connectivity index (χ3v) is 7.07. The molecule has 4 rings (SSSR count). The summed E-state index contributed by atoms with van der Waals surface area (Å²) in [7, 11) is -3.59. The van der Waals surface area contributed by atoms with Gasteiger partial charge in [0.05, 0.1) is 16.0 Å². The number of hydrogen-bond donors (Lipinski definition) is 1. The van der Waals surface area contributed by atoms with Crippen molar-refractivity contribution in [1.82, 2.24) is 10.3 Å². The maximum atomic E-state index is 12.9. The zero-order valence-electron chi connectivity index (χ0n) is 17.7. The molecule has 0 aliphatic rings. The van der Waals surface area contributed by atoms with Crippen LogP contribution in [0, 0.1) is 0 Å². The van der Waals surface area contributed by atoms with Crippen molar-refractivity contribution >= 4 is 26.7 Å². The van der Waals surface area contributed by atoms with E-state index >= 15 is 0 Å². The van der Waals surface area contributed by atoms with Crippen LogP contribution in [0.15, 0.2) is 87.3 Å². The minimum absolute atomic E-state index is 0.203. The van der Waals surface area contributed by atoms with Gasteiger partial charge in [0.15, 0.2) is 11.3 Å². The number of benzene rings is 2. The summed E-state index contributed by atoms with van der Waals surface area (Å²) in [6.07, 6.45) is 6.32. The van der Waals surface area contributed by atoms with E-state index in [4.69, 9.17) is 4.42 Å². The number of amides is 1. The highest BCUT2D eigenvalue weighted by Gasteiger charge is 2.18. The first kappa shape index (κ1) is 21.8. The second-order valence-corrected chi connectivity index (χ2v) is 9.55. The number of fused-ring (bicyclic) bond motifs is 1. The van der Waals surface area contributed by atoms with Gasteiger partial charge in [-0.15, -0.1) is 0 Å². The van der Waals surface area contributed by atoms with Gasteiger partial charge in [-0.2, -0.15) is 0 Å². The summed E-state index contributed by atoms with van der Waals surface area (Å²) in [5.41, 5.74) is 2.47. The molecule has 1 amide bonds. The van der Waals surface area contributed by atoms with Crippen LogP contribution in [0.5, 0.6) is 0 Å². The van der Waals surface area contributed by atoms with Crippen LogP contribution >= 0.6 is 0 Å². The Morgan fingerprint density at radius 3 is 2.25 bits per heavy atom. The highest BCUT2D eigenvalue weighted by molar-refractivity contribution is 7.91. The van der Waals surface area contributed by atoms with Crippen LogP contribution < -0.4 is 5.32 Å². The van der Waals surface area contributed by atoms with Crippen LogP contribution in [-0.4, -0.2) is 19.3 Å². The van der Waals surface area contributed by atoms with Crippen LogP contribution in [0.2, 0.25) is 0 Å². The van der Waals surface area contributed by atoms with Gasteiger partial charge in [-0.3, -0.25) is 9.78 Å². The van der Waals surface area contributed by atoms with Crippen molar-refractivity contribution in [2.24, 2.45) is 0 Å². The summed E-state index contributed by atoms with van der Waals surface area (Å²) in [5.74, 6) is -0.143. The zero-order valence-corrected chi connectivity index (χ0v) is 18.6. The number of carbonyl (C=O) groups is 1. The van der Waals surface area contributed by atoms with Gasteiger partial charge in [-0.25, -0.2) is 8.42 Å². The molecule has 0 spiro atoms. The monoisotopic (exact) mass is 448 g/mol. The Bertz CT molecular complexity index is 1290. The molecular weight excluding hydrogens is 424 g/mol. The maximum absolute atomic E-state index is 12.9. The number of aromatic nitrogens is 1. The van der Waals surface area contributed by atoms with E-state index in [0.717, 1.165) is 35.8 Å². The lowest BCUT2D eigenvalue weighted by atomic mass is 10.1.